The van der Waals surface area contributed by atoms with Gasteiger partial charge in [0, 0.05) is 39.2 Å². The molecule has 3 aliphatic heterocycles. The molecule has 7 atom stereocenters. The van der Waals surface area contributed by atoms with Crippen LogP contribution in [0.5, 0.6) is 5.75 Å². The molecule has 6 unspecified atom stereocenters. The molecule has 1 N–H and O–H groups in total. The highest BCUT2D eigenvalue weighted by atomic mass is 79.9. The van der Waals surface area contributed by atoms with Crippen LogP contribution in [0.25, 0.3) is 0 Å². The molecule has 0 radical (unpaired) electrons. The normalized spacial score (nSPS) is 29.6. The first-order valence-corrected chi connectivity index (χ1v) is 18.1. The number of aromatic nitrogens is 1. The Morgan fingerprint density at radius 3 is 2.49 bits per heavy atom. The fraction of sp³-hybridized carbons (Fsp3) is 0.455. The summed E-state index contributed by atoms with van der Waals surface area (Å²) in [6.45, 7) is 1.28. The summed E-state index contributed by atoms with van der Waals surface area (Å²) in [7, 11) is 0. The molecule has 246 valence electrons. The number of halogens is 4. The summed E-state index contributed by atoms with van der Waals surface area (Å²) in [6.07, 6.45) is -0.971. The van der Waals surface area contributed by atoms with Gasteiger partial charge < -0.3 is 14.6 Å². The Hall–Kier alpha value is -3.10. The second kappa shape index (κ2) is 11.5. The quantitative estimate of drug-likeness (QED) is 0.309. The van der Waals surface area contributed by atoms with Crippen LogP contribution >= 0.6 is 39.0 Å². The topological polar surface area (TPSA) is 99.8 Å². The SMILES string of the molecule is O=C(COc1ccc(Br)cc1[C@H]1c2sc(=O)[nH]c2SC2C3CC(C4C(=O)N(c5cccc(C(F)(F)F)c5)C(=O)C34)C21)N1CCCCC1. The zero-order chi connectivity index (χ0) is 32.8. The van der Waals surface area contributed by atoms with Crippen molar-refractivity contribution in [2.75, 3.05) is 24.6 Å². The number of thioether (sulfide) groups is 1. The number of nitrogens with zero attached hydrogens (tertiary/aromatic N) is 2. The maximum atomic E-state index is 14.1. The van der Waals surface area contributed by atoms with Gasteiger partial charge in [-0.15, -0.1) is 11.8 Å². The third-order valence-electron chi connectivity index (χ3n) is 10.5. The highest BCUT2D eigenvalue weighted by molar-refractivity contribution is 9.10. The lowest BCUT2D eigenvalue weighted by atomic mass is 9.68. The van der Waals surface area contributed by atoms with E-state index in [-0.39, 0.29) is 52.0 Å². The summed E-state index contributed by atoms with van der Waals surface area (Å²) in [6, 6.07) is 9.95. The van der Waals surface area contributed by atoms with E-state index in [1.165, 1.54) is 23.9 Å². The summed E-state index contributed by atoms with van der Waals surface area (Å²) < 4.78 is 47.7. The van der Waals surface area contributed by atoms with Crippen molar-refractivity contribution < 1.29 is 32.3 Å². The molecule has 14 heteroatoms. The van der Waals surface area contributed by atoms with Crippen LogP contribution in [-0.2, 0) is 20.6 Å². The van der Waals surface area contributed by atoms with Crippen molar-refractivity contribution >= 4 is 62.4 Å². The van der Waals surface area contributed by atoms with Gasteiger partial charge in [0.25, 0.3) is 5.91 Å². The van der Waals surface area contributed by atoms with Crippen LogP contribution in [0.2, 0.25) is 0 Å². The number of carbonyl (C=O) groups excluding carboxylic acids is 3. The van der Waals surface area contributed by atoms with Crippen LogP contribution in [0.15, 0.2) is 56.8 Å². The average molecular weight is 749 g/mol. The predicted octanol–water partition coefficient (Wildman–Crippen LogP) is 6.29. The van der Waals surface area contributed by atoms with E-state index in [2.05, 4.69) is 20.9 Å². The third kappa shape index (κ3) is 5.08. The number of H-pyrrole nitrogens is 1. The van der Waals surface area contributed by atoms with Gasteiger partial charge in [0.2, 0.25) is 11.8 Å². The number of alkyl halides is 3. The highest BCUT2D eigenvalue weighted by Gasteiger charge is 2.70. The molecule has 3 aromatic rings. The first kappa shape index (κ1) is 31.2. The van der Waals surface area contributed by atoms with Gasteiger partial charge in [-0.2, -0.15) is 13.2 Å². The molecule has 3 amide bonds. The molecule has 8 rings (SSSR count). The monoisotopic (exact) mass is 747 g/mol. The number of amides is 3. The number of thiazole rings is 1. The smallest absolute Gasteiger partial charge is 0.416 e. The van der Waals surface area contributed by atoms with Crippen LogP contribution in [0.4, 0.5) is 18.9 Å². The molecule has 2 saturated carbocycles. The zero-order valence-corrected chi connectivity index (χ0v) is 28.0. The lowest BCUT2D eigenvalue weighted by Crippen LogP contribution is -2.43. The van der Waals surface area contributed by atoms with Crippen LogP contribution < -0.4 is 14.5 Å². The van der Waals surface area contributed by atoms with E-state index in [1.54, 1.807) is 0 Å². The summed E-state index contributed by atoms with van der Waals surface area (Å²) in [4.78, 5) is 60.1. The number of likely N-dealkylation sites (tertiary alicyclic amines) is 1. The average Bonchev–Trinajstić information content (AvgIpc) is 3.79. The van der Waals surface area contributed by atoms with Gasteiger partial charge in [-0.1, -0.05) is 33.3 Å². The van der Waals surface area contributed by atoms with Gasteiger partial charge in [-0.3, -0.25) is 24.1 Å². The molecular formula is C33H29BrF3N3O5S2. The Kier molecular flexibility index (Phi) is 7.64. The van der Waals surface area contributed by atoms with Crippen LogP contribution in [0, 0.1) is 29.6 Å². The van der Waals surface area contributed by atoms with Crippen LogP contribution in [-0.4, -0.2) is 52.6 Å². The number of rotatable bonds is 5. The van der Waals surface area contributed by atoms with Gasteiger partial charge in [0.15, 0.2) is 6.61 Å². The molecule has 0 spiro atoms. The minimum Gasteiger partial charge on any atom is -0.483 e. The Balaban J connectivity index is 1.15. The van der Waals surface area contributed by atoms with Gasteiger partial charge >= 0.3 is 11.0 Å². The number of aromatic amines is 1. The Morgan fingerprint density at radius 1 is 1.00 bits per heavy atom. The second-order valence-corrected chi connectivity index (χ2v) is 16.1. The van der Waals surface area contributed by atoms with Gasteiger partial charge in [-0.05, 0) is 79.8 Å². The number of carbonyl (C=O) groups is 3. The van der Waals surface area contributed by atoms with E-state index in [4.69, 9.17) is 4.74 Å². The van der Waals surface area contributed by atoms with Crippen molar-refractivity contribution in [2.24, 2.45) is 29.6 Å². The molecule has 2 aliphatic carbocycles. The summed E-state index contributed by atoms with van der Waals surface area (Å²) in [5.74, 6) is -2.80. The maximum Gasteiger partial charge on any atom is 0.416 e. The molecule has 8 nitrogen and oxygen atoms in total. The Morgan fingerprint density at radius 2 is 1.74 bits per heavy atom. The van der Waals surface area contributed by atoms with E-state index >= 15 is 0 Å². The number of imide groups is 1. The first-order valence-electron chi connectivity index (χ1n) is 15.7. The van der Waals surface area contributed by atoms with Gasteiger partial charge in [0.05, 0.1) is 28.1 Å². The van der Waals surface area contributed by atoms with Gasteiger partial charge in [-0.25, -0.2) is 0 Å². The summed E-state index contributed by atoms with van der Waals surface area (Å²) in [5, 5.41) is 0.598. The third-order valence-corrected chi connectivity index (χ3v) is 13.6. The first-order chi connectivity index (χ1) is 22.5. The molecule has 2 bridgehead atoms. The number of hydrogen-bond acceptors (Lipinski definition) is 7. The Bertz CT molecular complexity index is 1860. The largest absolute Gasteiger partial charge is 0.483 e. The van der Waals surface area contributed by atoms with Crippen molar-refractivity contribution in [1.29, 1.82) is 0 Å². The Labute approximate surface area is 284 Å². The van der Waals surface area contributed by atoms with Crippen molar-refractivity contribution in [3.05, 3.63) is 72.6 Å². The second-order valence-electron chi connectivity index (χ2n) is 12.9. The fourth-order valence-electron chi connectivity index (χ4n) is 8.71. The lowest BCUT2D eigenvalue weighted by molar-refractivity contribution is -0.137. The van der Waals surface area contributed by atoms with Gasteiger partial charge in [0.1, 0.15) is 5.75 Å². The number of benzene rings is 2. The van der Waals surface area contributed by atoms with Crippen molar-refractivity contribution in [3.8, 4) is 5.75 Å². The highest BCUT2D eigenvalue weighted by Crippen LogP contribution is 2.69. The van der Waals surface area contributed by atoms with E-state index < -0.39 is 35.4 Å². The number of ether oxygens (including phenoxy) is 1. The molecule has 4 heterocycles. The molecule has 4 fully saturated rings. The standard InChI is InChI=1S/C33H29BrF3N3O5S2/c34-16-7-8-21(45-14-22(41)39-9-2-1-3-10-39)18(12-16)23-24-19-13-20(27(24)46-29-28(23)47-32(44)38-29)26-25(19)30(42)40(31(26)43)17-6-4-5-15(11-17)33(35,36)37/h4-8,11-12,19-20,23-27H,1-3,9-10,13-14H2,(H,38,44)/t19?,20?,23-,24?,25?,26?,27?/m1/s1. The molecule has 2 saturated heterocycles. The van der Waals surface area contributed by atoms with Crippen molar-refractivity contribution in [1.82, 2.24) is 9.88 Å². The summed E-state index contributed by atoms with van der Waals surface area (Å²) in [5.41, 5.74) is -0.206. The number of fused-ring (bicyclic) bond motifs is 9. The van der Waals surface area contributed by atoms with Crippen LogP contribution in [0.3, 0.4) is 0 Å². The zero-order valence-electron chi connectivity index (χ0n) is 24.8. The number of anilines is 1. The minimum absolute atomic E-state index is 0.0692. The maximum absolute atomic E-state index is 14.1. The molecule has 47 heavy (non-hydrogen) atoms. The molecular weight excluding hydrogens is 719 g/mol. The van der Waals surface area contributed by atoms with Crippen LogP contribution in [0.1, 0.15) is 47.6 Å². The van der Waals surface area contributed by atoms with E-state index in [0.29, 0.717) is 25.3 Å². The lowest BCUT2D eigenvalue weighted by Gasteiger charge is -2.43. The fourth-order valence-corrected chi connectivity index (χ4v) is 12.0. The van der Waals surface area contributed by atoms with E-state index in [1.807, 2.05) is 23.1 Å². The van der Waals surface area contributed by atoms with E-state index in [9.17, 15) is 32.3 Å². The molecule has 1 aromatic heterocycles. The predicted molar refractivity (Wildman–Crippen MR) is 172 cm³/mol. The number of hydrogen-bond donors (Lipinski definition) is 1. The van der Waals surface area contributed by atoms with E-state index in [0.717, 1.165) is 67.6 Å². The number of piperidine rings is 1. The van der Waals surface area contributed by atoms with Crippen molar-refractivity contribution in [2.45, 2.75) is 48.1 Å². The number of nitrogens with one attached hydrogen (secondary N) is 1. The summed E-state index contributed by atoms with van der Waals surface area (Å²) >= 11 is 6.23. The molecule has 2 aromatic carbocycles. The van der Waals surface area contributed by atoms with Crippen molar-refractivity contribution in [3.63, 3.8) is 0 Å². The minimum atomic E-state index is -4.62. The molecule has 5 aliphatic rings.